The molecule has 0 radical (unpaired) electrons. The summed E-state index contributed by atoms with van der Waals surface area (Å²) in [4.78, 5) is 0. The quantitative estimate of drug-likeness (QED) is 0.810. The molecule has 0 fully saturated rings. The Morgan fingerprint density at radius 1 is 1.22 bits per heavy atom. The van der Waals surface area contributed by atoms with Gasteiger partial charge in [0.05, 0.1) is 0 Å². The van der Waals surface area contributed by atoms with Gasteiger partial charge in [-0.05, 0) is 65.1 Å². The van der Waals surface area contributed by atoms with Crippen LogP contribution in [-0.2, 0) is 12.8 Å². The topological polar surface area (TPSA) is 26.0 Å². The summed E-state index contributed by atoms with van der Waals surface area (Å²) in [7, 11) is 0. The van der Waals surface area contributed by atoms with Crippen molar-refractivity contribution in [2.24, 2.45) is 11.7 Å². The lowest BCUT2D eigenvalue weighted by molar-refractivity contribution is 0.402. The first-order valence-corrected chi connectivity index (χ1v) is 7.63. The average molecular weight is 257 g/mol. The third-order valence-electron chi connectivity index (χ3n) is 4.02. The summed E-state index contributed by atoms with van der Waals surface area (Å²) in [6.45, 7) is 0. The second-order valence-corrected chi connectivity index (χ2v) is 5.99. The Labute approximate surface area is 113 Å². The first-order valence-electron chi connectivity index (χ1n) is 6.69. The van der Waals surface area contributed by atoms with Crippen LogP contribution < -0.4 is 5.73 Å². The van der Waals surface area contributed by atoms with Gasteiger partial charge in [-0.15, -0.1) is 0 Å². The second kappa shape index (κ2) is 5.25. The van der Waals surface area contributed by atoms with Crippen molar-refractivity contribution in [2.75, 3.05) is 0 Å². The molecule has 2 aromatic rings. The third-order valence-corrected chi connectivity index (χ3v) is 4.75. The zero-order chi connectivity index (χ0) is 12.4. The van der Waals surface area contributed by atoms with Gasteiger partial charge >= 0.3 is 0 Å². The van der Waals surface area contributed by atoms with Crippen molar-refractivity contribution in [3.8, 4) is 0 Å². The monoisotopic (exact) mass is 257 g/mol. The van der Waals surface area contributed by atoms with Gasteiger partial charge < -0.3 is 5.73 Å². The molecule has 1 aromatic heterocycles. The average Bonchev–Trinajstić information content (AvgIpc) is 2.85. The van der Waals surface area contributed by atoms with E-state index in [2.05, 4.69) is 41.1 Å². The Balaban J connectivity index is 1.85. The molecule has 2 atom stereocenters. The van der Waals surface area contributed by atoms with Crippen molar-refractivity contribution in [1.29, 1.82) is 0 Å². The molecule has 2 N–H and O–H groups in total. The Bertz CT molecular complexity index is 504. The molecule has 18 heavy (non-hydrogen) atoms. The molecule has 0 saturated heterocycles. The summed E-state index contributed by atoms with van der Waals surface area (Å²) in [5.41, 5.74) is 10.8. The minimum atomic E-state index is 0.198. The van der Waals surface area contributed by atoms with E-state index < -0.39 is 0 Å². The van der Waals surface area contributed by atoms with Crippen molar-refractivity contribution < 1.29 is 0 Å². The number of hydrogen-bond acceptors (Lipinski definition) is 2. The van der Waals surface area contributed by atoms with E-state index in [-0.39, 0.29) is 6.04 Å². The molecular formula is C16H19NS. The number of hydrogen-bond donors (Lipinski definition) is 1. The molecule has 1 aliphatic rings. The van der Waals surface area contributed by atoms with Gasteiger partial charge in [0.1, 0.15) is 0 Å². The number of fused-ring (bicyclic) bond motifs is 1. The predicted molar refractivity (Wildman–Crippen MR) is 77.8 cm³/mol. The van der Waals surface area contributed by atoms with E-state index in [0.717, 1.165) is 6.42 Å². The van der Waals surface area contributed by atoms with Crippen LogP contribution in [0.1, 0.15) is 35.6 Å². The Morgan fingerprint density at radius 3 is 2.94 bits per heavy atom. The van der Waals surface area contributed by atoms with Crippen molar-refractivity contribution in [2.45, 2.75) is 31.7 Å². The van der Waals surface area contributed by atoms with Crippen LogP contribution in [-0.4, -0.2) is 0 Å². The standard InChI is InChI=1S/C16H19NS/c17-16-14(10-12-8-9-18-11-12)6-3-5-13-4-1-2-7-15(13)16/h1-2,4,7-9,11,14,16H,3,5-6,10,17H2. The molecule has 1 aromatic carbocycles. The summed E-state index contributed by atoms with van der Waals surface area (Å²) in [5.74, 6) is 0.586. The van der Waals surface area contributed by atoms with Gasteiger partial charge in [-0.1, -0.05) is 24.3 Å². The van der Waals surface area contributed by atoms with E-state index in [9.17, 15) is 0 Å². The minimum absolute atomic E-state index is 0.198. The molecule has 1 nitrogen and oxygen atoms in total. The summed E-state index contributed by atoms with van der Waals surface area (Å²) >= 11 is 1.78. The maximum Gasteiger partial charge on any atom is 0.0329 e. The lowest BCUT2D eigenvalue weighted by atomic mass is 9.87. The molecule has 1 aliphatic carbocycles. The van der Waals surface area contributed by atoms with Gasteiger partial charge in [-0.2, -0.15) is 11.3 Å². The highest BCUT2D eigenvalue weighted by Crippen LogP contribution is 2.33. The second-order valence-electron chi connectivity index (χ2n) is 5.21. The predicted octanol–water partition coefficient (Wildman–Crippen LogP) is 3.94. The number of nitrogens with two attached hydrogens (primary N) is 1. The van der Waals surface area contributed by atoms with Gasteiger partial charge in [0, 0.05) is 6.04 Å². The van der Waals surface area contributed by atoms with Crippen molar-refractivity contribution >= 4 is 11.3 Å². The molecule has 0 saturated carbocycles. The summed E-state index contributed by atoms with van der Waals surface area (Å²) in [6, 6.07) is 11.1. The fraction of sp³-hybridized carbons (Fsp3) is 0.375. The van der Waals surface area contributed by atoms with E-state index >= 15 is 0 Å². The van der Waals surface area contributed by atoms with Gasteiger partial charge in [-0.25, -0.2) is 0 Å². The van der Waals surface area contributed by atoms with Crippen LogP contribution in [0.2, 0.25) is 0 Å². The normalized spacial score (nSPS) is 23.4. The third kappa shape index (κ3) is 2.36. The molecule has 3 rings (SSSR count). The fourth-order valence-electron chi connectivity index (χ4n) is 3.02. The molecular weight excluding hydrogens is 238 g/mol. The minimum Gasteiger partial charge on any atom is -0.324 e. The zero-order valence-electron chi connectivity index (χ0n) is 10.5. The molecule has 0 amide bonds. The van der Waals surface area contributed by atoms with Crippen LogP contribution in [0.4, 0.5) is 0 Å². The van der Waals surface area contributed by atoms with Gasteiger partial charge in [0.25, 0.3) is 0 Å². The van der Waals surface area contributed by atoms with Crippen molar-refractivity contribution in [3.05, 3.63) is 57.8 Å². The molecule has 2 unspecified atom stereocenters. The van der Waals surface area contributed by atoms with Crippen LogP contribution >= 0.6 is 11.3 Å². The zero-order valence-corrected chi connectivity index (χ0v) is 11.3. The first-order chi connectivity index (χ1) is 8.84. The number of benzene rings is 1. The molecule has 0 bridgehead atoms. The van der Waals surface area contributed by atoms with Gasteiger partial charge in [0.2, 0.25) is 0 Å². The van der Waals surface area contributed by atoms with Gasteiger partial charge in [0.15, 0.2) is 0 Å². The Kier molecular flexibility index (Phi) is 3.48. The van der Waals surface area contributed by atoms with Crippen LogP contribution in [0.5, 0.6) is 0 Å². The van der Waals surface area contributed by atoms with Crippen molar-refractivity contribution in [3.63, 3.8) is 0 Å². The molecule has 1 heterocycles. The lowest BCUT2D eigenvalue weighted by Crippen LogP contribution is -2.22. The van der Waals surface area contributed by atoms with Crippen LogP contribution in [0.25, 0.3) is 0 Å². The largest absolute Gasteiger partial charge is 0.324 e. The fourth-order valence-corrected chi connectivity index (χ4v) is 3.70. The summed E-state index contributed by atoms with van der Waals surface area (Å²) < 4.78 is 0. The lowest BCUT2D eigenvalue weighted by Gasteiger charge is -2.22. The molecule has 2 heteroatoms. The summed E-state index contributed by atoms with van der Waals surface area (Å²) in [5, 5.41) is 4.41. The molecule has 0 aliphatic heterocycles. The van der Waals surface area contributed by atoms with E-state index in [0.29, 0.717) is 5.92 Å². The smallest absolute Gasteiger partial charge is 0.0329 e. The molecule has 0 spiro atoms. The highest BCUT2D eigenvalue weighted by atomic mass is 32.1. The highest BCUT2D eigenvalue weighted by Gasteiger charge is 2.24. The Morgan fingerprint density at radius 2 is 2.11 bits per heavy atom. The number of rotatable bonds is 2. The van der Waals surface area contributed by atoms with E-state index in [1.54, 1.807) is 11.3 Å². The summed E-state index contributed by atoms with van der Waals surface area (Å²) in [6.07, 6.45) is 4.81. The Hall–Kier alpha value is -1.12. The van der Waals surface area contributed by atoms with Crippen LogP contribution in [0.15, 0.2) is 41.1 Å². The van der Waals surface area contributed by atoms with E-state index in [1.165, 1.54) is 36.0 Å². The van der Waals surface area contributed by atoms with Crippen LogP contribution in [0, 0.1) is 5.92 Å². The van der Waals surface area contributed by atoms with Crippen LogP contribution in [0.3, 0.4) is 0 Å². The van der Waals surface area contributed by atoms with Gasteiger partial charge in [-0.3, -0.25) is 0 Å². The number of aryl methyl sites for hydroxylation is 1. The number of thiophene rings is 1. The maximum absolute atomic E-state index is 6.51. The maximum atomic E-state index is 6.51. The van der Waals surface area contributed by atoms with Crippen molar-refractivity contribution in [1.82, 2.24) is 0 Å². The van der Waals surface area contributed by atoms with E-state index in [1.807, 2.05) is 0 Å². The highest BCUT2D eigenvalue weighted by molar-refractivity contribution is 7.07. The SMILES string of the molecule is NC1c2ccccc2CCCC1Cc1ccsc1. The van der Waals surface area contributed by atoms with E-state index in [4.69, 9.17) is 5.73 Å². The molecule has 94 valence electrons. The first kappa shape index (κ1) is 11.9.